The normalized spacial score (nSPS) is 17.3. The minimum atomic E-state index is -4.39. The second-order valence-electron chi connectivity index (χ2n) is 7.17. The van der Waals surface area contributed by atoms with Gasteiger partial charge in [-0.25, -0.2) is 4.98 Å². The Morgan fingerprint density at radius 1 is 1.31 bits per heavy atom. The van der Waals surface area contributed by atoms with Gasteiger partial charge < -0.3 is 20.1 Å². The van der Waals surface area contributed by atoms with E-state index in [1.54, 1.807) is 13.1 Å². The molecule has 1 fully saturated rings. The first kappa shape index (κ1) is 23.2. The van der Waals surface area contributed by atoms with Crippen LogP contribution in [0.1, 0.15) is 19.4 Å². The quantitative estimate of drug-likeness (QED) is 0.498. The number of guanidine groups is 1. The summed E-state index contributed by atoms with van der Waals surface area (Å²) < 4.78 is 47.0. The minimum Gasteiger partial charge on any atom is -0.468 e. The van der Waals surface area contributed by atoms with Crippen molar-refractivity contribution in [2.45, 2.75) is 32.6 Å². The number of hydrogen-bond donors (Lipinski definition) is 2. The lowest BCUT2D eigenvalue weighted by molar-refractivity contribution is -0.154. The first-order valence-electron chi connectivity index (χ1n) is 9.69. The molecule has 1 atom stereocenters. The third-order valence-electron chi connectivity index (χ3n) is 4.63. The largest absolute Gasteiger partial charge is 0.468 e. The van der Waals surface area contributed by atoms with Crippen LogP contribution in [0.3, 0.4) is 0 Å². The molecule has 1 aromatic rings. The molecule has 0 saturated carbocycles. The van der Waals surface area contributed by atoms with Crippen LogP contribution in [0.5, 0.6) is 5.88 Å². The highest BCUT2D eigenvalue weighted by Gasteiger charge is 2.28. The number of aromatic nitrogens is 1. The molecule has 164 valence electrons. The molecule has 0 radical (unpaired) electrons. The van der Waals surface area contributed by atoms with Crippen molar-refractivity contribution < 1.29 is 22.6 Å². The second kappa shape index (κ2) is 11.2. The summed E-state index contributed by atoms with van der Waals surface area (Å²) in [4.78, 5) is 10.5. The van der Waals surface area contributed by atoms with E-state index in [0.717, 1.165) is 38.4 Å². The Bertz CT molecular complexity index is 649. The molecule has 0 aliphatic carbocycles. The molecule has 0 aromatic carbocycles. The van der Waals surface area contributed by atoms with Crippen LogP contribution in [-0.4, -0.2) is 74.6 Å². The van der Waals surface area contributed by atoms with Crippen molar-refractivity contribution in [3.63, 3.8) is 0 Å². The van der Waals surface area contributed by atoms with Crippen LogP contribution in [0, 0.1) is 5.92 Å². The number of morpholine rings is 1. The van der Waals surface area contributed by atoms with Gasteiger partial charge in [0.15, 0.2) is 12.6 Å². The van der Waals surface area contributed by atoms with E-state index in [-0.39, 0.29) is 5.88 Å². The van der Waals surface area contributed by atoms with Crippen molar-refractivity contribution in [2.75, 3.05) is 46.5 Å². The summed E-state index contributed by atoms with van der Waals surface area (Å²) >= 11 is 0. The number of nitrogens with zero attached hydrogens (tertiary/aromatic N) is 3. The van der Waals surface area contributed by atoms with Gasteiger partial charge in [0.2, 0.25) is 5.88 Å². The van der Waals surface area contributed by atoms with Crippen LogP contribution in [0.15, 0.2) is 23.3 Å². The predicted molar refractivity (Wildman–Crippen MR) is 105 cm³/mol. The number of aliphatic imine (C=N–C) groups is 1. The third-order valence-corrected chi connectivity index (χ3v) is 4.63. The fourth-order valence-electron chi connectivity index (χ4n) is 3.10. The molecule has 10 heteroatoms. The summed E-state index contributed by atoms with van der Waals surface area (Å²) in [5.74, 6) is 1.03. The van der Waals surface area contributed by atoms with E-state index in [0.29, 0.717) is 24.5 Å². The van der Waals surface area contributed by atoms with Crippen LogP contribution in [-0.2, 0) is 11.3 Å². The summed E-state index contributed by atoms with van der Waals surface area (Å²) in [6.07, 6.45) is -2.97. The van der Waals surface area contributed by atoms with Gasteiger partial charge in [-0.05, 0) is 17.5 Å². The van der Waals surface area contributed by atoms with E-state index < -0.39 is 12.8 Å². The summed E-state index contributed by atoms with van der Waals surface area (Å²) in [5.41, 5.74) is 0.744. The van der Waals surface area contributed by atoms with Crippen molar-refractivity contribution in [2.24, 2.45) is 10.9 Å². The highest BCUT2D eigenvalue weighted by molar-refractivity contribution is 5.79. The van der Waals surface area contributed by atoms with Gasteiger partial charge in [-0.15, -0.1) is 0 Å². The Balaban J connectivity index is 1.85. The van der Waals surface area contributed by atoms with E-state index in [1.165, 1.54) is 12.3 Å². The molecule has 1 aromatic heterocycles. The summed E-state index contributed by atoms with van der Waals surface area (Å²) in [7, 11) is 1.68. The molecule has 1 aliphatic rings. The molecule has 1 saturated heterocycles. The van der Waals surface area contributed by atoms with Crippen LogP contribution in [0.4, 0.5) is 13.2 Å². The zero-order chi connectivity index (χ0) is 21.3. The lowest BCUT2D eigenvalue weighted by atomic mass is 10.0. The van der Waals surface area contributed by atoms with Gasteiger partial charge in [-0.3, -0.25) is 9.89 Å². The summed E-state index contributed by atoms with van der Waals surface area (Å²) in [6.45, 7) is 7.45. The standard InChI is InChI=1S/C19H30F3N5O2/c1-14(2)16(27-6-8-28-9-7-27)12-26-18(23-3)25-11-15-4-5-24-17(10-15)29-13-19(20,21)22/h4-5,10,14,16H,6-9,11-13H2,1-3H3,(H2,23,25,26). The lowest BCUT2D eigenvalue weighted by Crippen LogP contribution is -2.52. The number of halogens is 3. The Hall–Kier alpha value is -2.07. The van der Waals surface area contributed by atoms with Crippen LogP contribution in [0.25, 0.3) is 0 Å². The van der Waals surface area contributed by atoms with Gasteiger partial charge in [0, 0.05) is 51.5 Å². The number of rotatable bonds is 8. The maximum absolute atomic E-state index is 12.3. The molecule has 0 bridgehead atoms. The minimum absolute atomic E-state index is 0.0586. The first-order chi connectivity index (χ1) is 13.8. The molecule has 7 nitrogen and oxygen atoms in total. The van der Waals surface area contributed by atoms with Gasteiger partial charge in [0.1, 0.15) is 0 Å². The fourth-order valence-corrected chi connectivity index (χ4v) is 3.10. The topological polar surface area (TPSA) is 71.0 Å². The van der Waals surface area contributed by atoms with Crippen molar-refractivity contribution in [3.05, 3.63) is 23.9 Å². The van der Waals surface area contributed by atoms with E-state index in [4.69, 9.17) is 9.47 Å². The molecule has 1 aliphatic heterocycles. The Morgan fingerprint density at radius 3 is 2.66 bits per heavy atom. The van der Waals surface area contributed by atoms with Crippen LogP contribution < -0.4 is 15.4 Å². The van der Waals surface area contributed by atoms with E-state index in [2.05, 4.69) is 39.4 Å². The van der Waals surface area contributed by atoms with Crippen molar-refractivity contribution in [1.82, 2.24) is 20.5 Å². The third kappa shape index (κ3) is 8.45. The van der Waals surface area contributed by atoms with Crippen LogP contribution >= 0.6 is 0 Å². The summed E-state index contributed by atoms with van der Waals surface area (Å²) in [5, 5.41) is 6.51. The SMILES string of the molecule is CN=C(NCc1ccnc(OCC(F)(F)F)c1)NCC(C(C)C)N1CCOCC1. The van der Waals surface area contributed by atoms with Crippen molar-refractivity contribution >= 4 is 5.96 Å². The monoisotopic (exact) mass is 417 g/mol. The number of pyridine rings is 1. The number of hydrogen-bond acceptors (Lipinski definition) is 5. The van der Waals surface area contributed by atoms with E-state index >= 15 is 0 Å². The van der Waals surface area contributed by atoms with Gasteiger partial charge in [0.05, 0.1) is 13.2 Å². The highest BCUT2D eigenvalue weighted by Crippen LogP contribution is 2.17. The molecule has 0 spiro atoms. The Morgan fingerprint density at radius 2 is 2.03 bits per heavy atom. The van der Waals surface area contributed by atoms with Gasteiger partial charge >= 0.3 is 6.18 Å². The Kier molecular flexibility index (Phi) is 8.97. The summed E-state index contributed by atoms with van der Waals surface area (Å²) in [6, 6.07) is 3.54. The first-order valence-corrected chi connectivity index (χ1v) is 9.69. The molecule has 0 amide bonds. The predicted octanol–water partition coefficient (Wildman–Crippen LogP) is 2.04. The Labute approximate surface area is 169 Å². The number of nitrogens with one attached hydrogen (secondary N) is 2. The lowest BCUT2D eigenvalue weighted by Gasteiger charge is -2.37. The van der Waals surface area contributed by atoms with Gasteiger partial charge in [-0.1, -0.05) is 13.8 Å². The fraction of sp³-hybridized carbons (Fsp3) is 0.684. The molecule has 2 heterocycles. The van der Waals surface area contributed by atoms with Crippen molar-refractivity contribution in [3.8, 4) is 5.88 Å². The number of ether oxygens (including phenoxy) is 2. The van der Waals surface area contributed by atoms with Gasteiger partial charge in [-0.2, -0.15) is 13.2 Å². The zero-order valence-electron chi connectivity index (χ0n) is 17.1. The second-order valence-corrected chi connectivity index (χ2v) is 7.17. The number of alkyl halides is 3. The van der Waals surface area contributed by atoms with Crippen LogP contribution in [0.2, 0.25) is 0 Å². The van der Waals surface area contributed by atoms with E-state index in [1.807, 2.05) is 0 Å². The van der Waals surface area contributed by atoms with E-state index in [9.17, 15) is 13.2 Å². The average Bonchev–Trinajstić information content (AvgIpc) is 2.69. The smallest absolute Gasteiger partial charge is 0.422 e. The molecular weight excluding hydrogens is 387 g/mol. The highest BCUT2D eigenvalue weighted by atomic mass is 19.4. The molecule has 2 rings (SSSR count). The molecule has 29 heavy (non-hydrogen) atoms. The maximum atomic E-state index is 12.3. The average molecular weight is 417 g/mol. The molecule has 2 N–H and O–H groups in total. The molecule has 1 unspecified atom stereocenters. The van der Waals surface area contributed by atoms with Gasteiger partial charge in [0.25, 0.3) is 0 Å². The molecular formula is C19H30F3N5O2. The van der Waals surface area contributed by atoms with Crippen molar-refractivity contribution in [1.29, 1.82) is 0 Å². The zero-order valence-corrected chi connectivity index (χ0v) is 17.1. The maximum Gasteiger partial charge on any atom is 0.422 e.